The van der Waals surface area contributed by atoms with E-state index in [1.807, 2.05) is 23.9 Å². The third-order valence-corrected chi connectivity index (χ3v) is 12.8. The second-order valence-electron chi connectivity index (χ2n) is 17.6. The van der Waals surface area contributed by atoms with Crippen LogP contribution in [-0.2, 0) is 74.6 Å². The van der Waals surface area contributed by atoms with Crippen LogP contribution in [0.1, 0.15) is 63.5 Å². The zero-order valence-electron chi connectivity index (χ0n) is 40.9. The summed E-state index contributed by atoms with van der Waals surface area (Å²) < 4.78 is 7.14. The zero-order chi connectivity index (χ0) is 50.3. The number of pyridine rings is 1. The zero-order valence-corrected chi connectivity index (χ0v) is 44.5. The summed E-state index contributed by atoms with van der Waals surface area (Å²) in [5.41, 5.74) is 9.67. The van der Waals surface area contributed by atoms with Crippen molar-refractivity contribution in [1.82, 2.24) is 44.7 Å². The van der Waals surface area contributed by atoms with E-state index in [1.54, 1.807) is 41.9 Å². The van der Waals surface area contributed by atoms with Gasteiger partial charge in [0, 0.05) is 121 Å². The molecule has 8 amide bonds. The number of likely N-dealkylation sites (N-methyl/N-ethyl adjacent to an activating group) is 2. The maximum Gasteiger partial charge on any atom is 0.409 e. The molecule has 2 atom stereocenters. The van der Waals surface area contributed by atoms with E-state index in [0.717, 1.165) is 47.3 Å². The van der Waals surface area contributed by atoms with Crippen LogP contribution in [0.5, 0.6) is 0 Å². The molecule has 20 nitrogen and oxygen atoms in total. The van der Waals surface area contributed by atoms with Crippen LogP contribution in [0.15, 0.2) is 66.7 Å². The van der Waals surface area contributed by atoms with E-state index in [-0.39, 0.29) is 83.1 Å². The summed E-state index contributed by atoms with van der Waals surface area (Å²) in [6.07, 6.45) is 2.56. The number of nitrogens with zero attached hydrogens (tertiary/aromatic N) is 8. The number of urea groups is 1. The molecule has 2 unspecified atom stereocenters. The minimum Gasteiger partial charge on any atom is -0.445 e. The van der Waals surface area contributed by atoms with Crippen LogP contribution in [0.4, 0.5) is 21.2 Å². The fourth-order valence-corrected chi connectivity index (χ4v) is 8.79. The molecule has 2 saturated heterocycles. The van der Waals surface area contributed by atoms with Gasteiger partial charge in [-0.15, -0.1) is 5.10 Å². The summed E-state index contributed by atoms with van der Waals surface area (Å²) in [5.74, 6) is -0.684. The number of hydrogen-bond acceptors (Lipinski definition) is 13. The Balaban J connectivity index is 0.00000228. The Bertz CT molecular complexity index is 2470. The van der Waals surface area contributed by atoms with E-state index in [9.17, 15) is 33.6 Å². The number of amides is 8. The van der Waals surface area contributed by atoms with Gasteiger partial charge in [-0.3, -0.25) is 28.9 Å². The molecule has 23 heteroatoms. The minimum atomic E-state index is -1.07. The Labute approximate surface area is 445 Å². The molecule has 71 heavy (non-hydrogen) atoms. The summed E-state index contributed by atoms with van der Waals surface area (Å²) in [4.78, 5) is 102. The largest absolute Gasteiger partial charge is 0.445 e. The number of carbonyl (C=O) groups excluding carboxylic acids is 7. The Kier molecular flexibility index (Phi) is 21.8. The Morgan fingerprint density at radius 2 is 1.55 bits per heavy atom. The molecule has 3 fully saturated rings. The maximum atomic E-state index is 14.0. The molecule has 2 aromatic carbocycles. The number of carbonyl (C=O) groups is 7. The maximum absolute atomic E-state index is 14.0. The van der Waals surface area contributed by atoms with Gasteiger partial charge in [-0.25, -0.2) is 14.1 Å². The second kappa shape index (κ2) is 27.4. The molecule has 375 valence electrons. The third kappa shape index (κ3) is 15.8. The van der Waals surface area contributed by atoms with Gasteiger partial charge in [-0.05, 0) is 61.1 Å². The monoisotopic (exact) mass is 1070 g/mol. The smallest absolute Gasteiger partial charge is 0.409 e. The molecular formula is C48H63BN12O8SY. The van der Waals surface area contributed by atoms with E-state index in [4.69, 9.17) is 23.6 Å². The average Bonchev–Trinajstić information content (AvgIpc) is 3.94. The number of thioether (sulfide) groups is 1. The van der Waals surface area contributed by atoms with Gasteiger partial charge in [0.05, 0.1) is 18.3 Å². The normalized spacial score (nSPS) is 15.8. The number of anilines is 2. The van der Waals surface area contributed by atoms with E-state index >= 15 is 0 Å². The number of nitrogens with two attached hydrogens (primary N) is 1. The van der Waals surface area contributed by atoms with Crippen molar-refractivity contribution in [3.63, 3.8) is 0 Å². The van der Waals surface area contributed by atoms with Gasteiger partial charge in [-0.1, -0.05) is 62.7 Å². The molecule has 3 radical (unpaired) electrons. The molecule has 5 N–H and O–H groups in total. The van der Waals surface area contributed by atoms with Crippen LogP contribution >= 0.6 is 11.8 Å². The molecular weight excluding hydrogens is 1000 g/mol. The standard InChI is InChI=1S/C45H55BN12O8S.C3H8.Y/c1-53(44(64)57(41(62)32-14-15-32)43-50-38-7-3-5-35(58(38)52-43)31-12-8-29(9-13-31)27-55-21-23-67-24-22-55)19-20-54(2)45(65)66-28-30-10-16-33(17-11-30)49-39(60)26-48-40(61)36-6-4-18-56(36)42(63)34(51-46)25-37(47)59;1-3-2;/h3,5,7-13,16-17,32,34,36,51H,4,6,14-15,18-28H2,1-2H3,(H2,47,59)(H,48,61)(H,49,60);3H2,1-2H3;. The van der Waals surface area contributed by atoms with Crippen LogP contribution in [0.2, 0.25) is 0 Å². The van der Waals surface area contributed by atoms with Crippen LogP contribution < -0.4 is 26.5 Å². The summed E-state index contributed by atoms with van der Waals surface area (Å²) in [6, 6.07) is 18.0. The molecule has 2 aromatic heterocycles. The van der Waals surface area contributed by atoms with Crippen molar-refractivity contribution in [2.75, 3.05) is 75.1 Å². The van der Waals surface area contributed by atoms with Crippen molar-refractivity contribution in [3.05, 3.63) is 77.9 Å². The van der Waals surface area contributed by atoms with Gasteiger partial charge >= 0.3 is 12.1 Å². The van der Waals surface area contributed by atoms with Gasteiger partial charge < -0.3 is 41.0 Å². The Morgan fingerprint density at radius 3 is 2.20 bits per heavy atom. The van der Waals surface area contributed by atoms with E-state index < -0.39 is 47.8 Å². The number of nitrogens with one attached hydrogen (secondary N) is 3. The first-order chi connectivity index (χ1) is 33.7. The molecule has 1 saturated carbocycles. The minimum absolute atomic E-state index is 0. The SMILES string of the molecule is CCC.[B]NC(CC(N)=O)C(=O)N1CCCC1C(=O)NCC(=O)Nc1ccc(COC(=O)N(C)CCN(C)C(=O)N(C(=O)C2CC2)c2nc3cccc(-c4ccc(CN5CCSCC5)cc4)n3n2)cc1.[Y]. The number of primary amides is 1. The number of hydrogen-bond donors (Lipinski definition) is 4. The average molecular weight is 1070 g/mol. The predicted octanol–water partition coefficient (Wildman–Crippen LogP) is 3.39. The summed E-state index contributed by atoms with van der Waals surface area (Å²) in [5, 5.41) is 12.2. The molecule has 0 bridgehead atoms. The topological polar surface area (TPSA) is 237 Å². The van der Waals surface area contributed by atoms with Crippen molar-refractivity contribution in [1.29, 1.82) is 0 Å². The number of likely N-dealkylation sites (tertiary alicyclic amines) is 1. The third-order valence-electron chi connectivity index (χ3n) is 11.8. The molecule has 4 aromatic rings. The molecule has 2 aliphatic heterocycles. The fraction of sp³-hybridized carbons (Fsp3) is 0.479. The van der Waals surface area contributed by atoms with Crippen LogP contribution in [0.3, 0.4) is 0 Å². The van der Waals surface area contributed by atoms with Crippen molar-refractivity contribution < 1.29 is 71.0 Å². The van der Waals surface area contributed by atoms with E-state index in [2.05, 4.69) is 63.9 Å². The number of aromatic nitrogens is 3. The van der Waals surface area contributed by atoms with Crippen molar-refractivity contribution in [2.24, 2.45) is 11.7 Å². The van der Waals surface area contributed by atoms with Gasteiger partial charge in [0.25, 0.3) is 5.95 Å². The number of ether oxygens (including phenoxy) is 1. The van der Waals surface area contributed by atoms with E-state index in [0.29, 0.717) is 49.1 Å². The first-order valence-electron chi connectivity index (χ1n) is 23.6. The molecule has 4 heterocycles. The molecule has 0 spiro atoms. The van der Waals surface area contributed by atoms with Gasteiger partial charge in [0.2, 0.25) is 29.5 Å². The second-order valence-corrected chi connectivity index (χ2v) is 18.8. The predicted molar refractivity (Wildman–Crippen MR) is 267 cm³/mol. The van der Waals surface area contributed by atoms with Crippen LogP contribution in [-0.4, -0.2) is 161 Å². The Morgan fingerprint density at radius 1 is 0.887 bits per heavy atom. The number of benzene rings is 2. The molecule has 3 aliphatic rings. The van der Waals surface area contributed by atoms with Crippen molar-refractivity contribution in [3.8, 4) is 11.3 Å². The summed E-state index contributed by atoms with van der Waals surface area (Å²) in [7, 11) is 8.51. The van der Waals surface area contributed by atoms with Crippen molar-refractivity contribution >= 4 is 78.7 Å². The summed E-state index contributed by atoms with van der Waals surface area (Å²) in [6.45, 7) is 7.33. The fourth-order valence-electron chi connectivity index (χ4n) is 7.81. The van der Waals surface area contributed by atoms with Crippen LogP contribution in [0, 0.1) is 5.92 Å². The molecule has 1 aliphatic carbocycles. The quantitative estimate of drug-likeness (QED) is 0.105. The van der Waals surface area contributed by atoms with E-state index in [1.165, 1.54) is 33.7 Å². The Hall–Kier alpha value is -5.41. The number of imide groups is 1. The number of rotatable bonds is 18. The summed E-state index contributed by atoms with van der Waals surface area (Å²) >= 11 is 1.98. The van der Waals surface area contributed by atoms with Crippen molar-refractivity contribution in [2.45, 2.75) is 77.6 Å². The van der Waals surface area contributed by atoms with Gasteiger partial charge in [0.1, 0.15) is 12.6 Å². The first kappa shape index (κ1) is 56.5. The van der Waals surface area contributed by atoms with Crippen LogP contribution in [0.25, 0.3) is 16.9 Å². The van der Waals surface area contributed by atoms with Gasteiger partial charge in [-0.2, -0.15) is 21.6 Å². The molecule has 7 rings (SSSR count). The number of fused-ring (bicyclic) bond motifs is 1. The van der Waals surface area contributed by atoms with Gasteiger partial charge in [0.15, 0.2) is 13.6 Å². The first-order valence-corrected chi connectivity index (χ1v) is 24.8.